The van der Waals surface area contributed by atoms with Gasteiger partial charge in [0.25, 0.3) is 0 Å². The normalized spacial score (nSPS) is 10.7. The van der Waals surface area contributed by atoms with E-state index in [-0.39, 0.29) is 6.61 Å². The van der Waals surface area contributed by atoms with Gasteiger partial charge in [-0.1, -0.05) is 119 Å². The minimum atomic E-state index is 0.138. The molecule has 0 saturated heterocycles. The highest BCUT2D eigenvalue weighted by molar-refractivity contribution is 4.49. The summed E-state index contributed by atoms with van der Waals surface area (Å²) in [6, 6.07) is 0. The lowest BCUT2D eigenvalue weighted by Gasteiger charge is -2.08. The zero-order valence-electron chi connectivity index (χ0n) is 22.5. The average Bonchev–Trinajstić information content (AvgIpc) is 2.77. The topological polar surface area (TPSA) is 69.9 Å². The standard InChI is InChI=1S/C13H28O.C8H18O2.C3H8O.C3H8/c1-2-3-4-5-6-7-8-9-10-11-12-13-14;1-3-4-8(2)7-10-6-5-9;1-2-3-4;1-3-2/h14H,2-13H2,1H3;8-9H,3-7H2,1-2H3;4H,2-3H2,1H3;3H2,1-2H3. The van der Waals surface area contributed by atoms with Crippen molar-refractivity contribution in [2.24, 2.45) is 5.92 Å². The van der Waals surface area contributed by atoms with E-state index in [0.717, 1.165) is 19.4 Å². The number of rotatable bonds is 18. The van der Waals surface area contributed by atoms with Gasteiger partial charge in [-0.25, -0.2) is 0 Å². The number of hydrogen-bond donors (Lipinski definition) is 3. The maximum absolute atomic E-state index is 8.59. The van der Waals surface area contributed by atoms with Crippen LogP contribution in [0.2, 0.25) is 0 Å². The second-order valence-corrected chi connectivity index (χ2v) is 8.38. The van der Waals surface area contributed by atoms with Crippen LogP contribution in [0.3, 0.4) is 0 Å². The first-order valence-electron chi connectivity index (χ1n) is 13.5. The number of aliphatic hydroxyl groups excluding tert-OH is 3. The molecule has 3 N–H and O–H groups in total. The fraction of sp³-hybridized carbons (Fsp3) is 1.00. The predicted octanol–water partition coefficient (Wildman–Crippen LogP) is 7.53. The molecule has 0 aliphatic heterocycles. The van der Waals surface area contributed by atoms with Crippen molar-refractivity contribution in [1.82, 2.24) is 0 Å². The van der Waals surface area contributed by atoms with Crippen LogP contribution in [0.1, 0.15) is 138 Å². The number of unbranched alkanes of at least 4 members (excludes halogenated alkanes) is 10. The molecule has 0 radical (unpaired) electrons. The van der Waals surface area contributed by atoms with Crippen LogP contribution in [-0.4, -0.2) is 48.4 Å². The van der Waals surface area contributed by atoms with E-state index in [9.17, 15) is 0 Å². The van der Waals surface area contributed by atoms with E-state index in [2.05, 4.69) is 34.6 Å². The van der Waals surface area contributed by atoms with Gasteiger partial charge in [0, 0.05) is 19.8 Å². The zero-order chi connectivity index (χ0) is 24.4. The fourth-order valence-corrected chi connectivity index (χ4v) is 2.70. The molecule has 194 valence electrons. The van der Waals surface area contributed by atoms with E-state index < -0.39 is 0 Å². The molecule has 0 spiro atoms. The van der Waals surface area contributed by atoms with Gasteiger partial charge >= 0.3 is 0 Å². The first kappa shape index (κ1) is 38.1. The van der Waals surface area contributed by atoms with Gasteiger partial charge in [0.2, 0.25) is 0 Å². The molecule has 0 rings (SSSR count). The van der Waals surface area contributed by atoms with E-state index in [0.29, 0.717) is 25.7 Å². The Bertz CT molecular complexity index is 223. The van der Waals surface area contributed by atoms with E-state index in [1.807, 2.05) is 6.92 Å². The minimum absolute atomic E-state index is 0.138. The van der Waals surface area contributed by atoms with Crippen molar-refractivity contribution in [3.8, 4) is 0 Å². The van der Waals surface area contributed by atoms with Crippen LogP contribution in [0.15, 0.2) is 0 Å². The Morgan fingerprint density at radius 2 is 0.968 bits per heavy atom. The molecule has 0 saturated carbocycles. The van der Waals surface area contributed by atoms with Gasteiger partial charge in [0.05, 0.1) is 13.2 Å². The van der Waals surface area contributed by atoms with Crippen LogP contribution in [0, 0.1) is 5.92 Å². The predicted molar refractivity (Wildman–Crippen MR) is 139 cm³/mol. The SMILES string of the molecule is CCC.CCCC(C)COCCO.CCCCCCCCCCCCCO.CCCO. The highest BCUT2D eigenvalue weighted by atomic mass is 16.5. The zero-order valence-corrected chi connectivity index (χ0v) is 22.5. The molecule has 0 aromatic heterocycles. The Labute approximate surface area is 197 Å². The number of ether oxygens (including phenoxy) is 1. The highest BCUT2D eigenvalue weighted by Gasteiger charge is 1.98. The van der Waals surface area contributed by atoms with Gasteiger partial charge in [-0.15, -0.1) is 0 Å². The van der Waals surface area contributed by atoms with Crippen LogP contribution in [0.5, 0.6) is 0 Å². The molecule has 31 heavy (non-hydrogen) atoms. The van der Waals surface area contributed by atoms with Crippen molar-refractivity contribution in [2.45, 2.75) is 138 Å². The molecule has 0 bridgehead atoms. The van der Waals surface area contributed by atoms with E-state index in [1.54, 1.807) is 0 Å². The molecule has 1 unspecified atom stereocenters. The molecule has 4 nitrogen and oxygen atoms in total. The fourth-order valence-electron chi connectivity index (χ4n) is 2.70. The molecule has 0 aromatic carbocycles. The Kier molecular flexibility index (Phi) is 53.7. The van der Waals surface area contributed by atoms with Crippen LogP contribution >= 0.6 is 0 Å². The quantitative estimate of drug-likeness (QED) is 0.189. The second-order valence-electron chi connectivity index (χ2n) is 8.38. The summed E-state index contributed by atoms with van der Waals surface area (Å²) in [5.41, 5.74) is 0. The van der Waals surface area contributed by atoms with Gasteiger partial charge in [-0.2, -0.15) is 0 Å². The van der Waals surface area contributed by atoms with Gasteiger partial charge in [-0.05, 0) is 25.2 Å². The van der Waals surface area contributed by atoms with Crippen LogP contribution in [-0.2, 0) is 4.74 Å². The average molecular weight is 451 g/mol. The largest absolute Gasteiger partial charge is 0.396 e. The third-order valence-corrected chi connectivity index (χ3v) is 4.40. The maximum Gasteiger partial charge on any atom is 0.0697 e. The molecule has 0 amide bonds. The Balaban J connectivity index is -0.000000186. The molecule has 0 aliphatic rings. The van der Waals surface area contributed by atoms with Crippen molar-refractivity contribution >= 4 is 0 Å². The smallest absolute Gasteiger partial charge is 0.0697 e. The lowest BCUT2D eigenvalue weighted by molar-refractivity contribution is 0.0695. The Morgan fingerprint density at radius 3 is 1.29 bits per heavy atom. The molecule has 4 heteroatoms. The first-order chi connectivity index (χ1) is 15.1. The van der Waals surface area contributed by atoms with Crippen molar-refractivity contribution in [2.75, 3.05) is 33.0 Å². The van der Waals surface area contributed by atoms with Crippen molar-refractivity contribution < 1.29 is 20.1 Å². The van der Waals surface area contributed by atoms with Gasteiger partial charge in [-0.3, -0.25) is 0 Å². The summed E-state index contributed by atoms with van der Waals surface area (Å²) in [6.45, 7) is 14.9. The summed E-state index contributed by atoms with van der Waals surface area (Å²) in [7, 11) is 0. The van der Waals surface area contributed by atoms with Gasteiger partial charge in [0.1, 0.15) is 0 Å². The first-order valence-corrected chi connectivity index (χ1v) is 13.5. The summed E-state index contributed by atoms with van der Waals surface area (Å²) in [5.74, 6) is 0.636. The Morgan fingerprint density at radius 1 is 0.548 bits per heavy atom. The molecule has 0 fully saturated rings. The van der Waals surface area contributed by atoms with Crippen molar-refractivity contribution in [3.05, 3.63) is 0 Å². The maximum atomic E-state index is 8.59. The van der Waals surface area contributed by atoms with Crippen LogP contribution in [0.4, 0.5) is 0 Å². The summed E-state index contributed by atoms with van der Waals surface area (Å²) in [4.78, 5) is 0. The van der Waals surface area contributed by atoms with Crippen molar-refractivity contribution in [3.63, 3.8) is 0 Å². The molecular formula is C27H62O4. The monoisotopic (exact) mass is 450 g/mol. The lowest BCUT2D eigenvalue weighted by Crippen LogP contribution is -2.08. The van der Waals surface area contributed by atoms with Crippen LogP contribution in [0.25, 0.3) is 0 Å². The summed E-state index contributed by atoms with van der Waals surface area (Å²) in [5, 5.41) is 24.8. The molecular weight excluding hydrogens is 388 g/mol. The third kappa shape index (κ3) is 58.8. The minimum Gasteiger partial charge on any atom is -0.396 e. The summed E-state index contributed by atoms with van der Waals surface area (Å²) >= 11 is 0. The molecule has 0 aliphatic carbocycles. The van der Waals surface area contributed by atoms with Crippen molar-refractivity contribution in [1.29, 1.82) is 0 Å². The summed E-state index contributed by atoms with van der Waals surface area (Å²) < 4.78 is 5.15. The van der Waals surface area contributed by atoms with Gasteiger partial charge in [0.15, 0.2) is 0 Å². The molecule has 0 heterocycles. The molecule has 0 aromatic rings. The number of hydrogen-bond acceptors (Lipinski definition) is 4. The van der Waals surface area contributed by atoms with E-state index >= 15 is 0 Å². The summed E-state index contributed by atoms with van der Waals surface area (Å²) in [6.07, 6.45) is 19.3. The van der Waals surface area contributed by atoms with Gasteiger partial charge < -0.3 is 20.1 Å². The van der Waals surface area contributed by atoms with E-state index in [1.165, 1.54) is 83.5 Å². The highest BCUT2D eigenvalue weighted by Crippen LogP contribution is 2.10. The lowest BCUT2D eigenvalue weighted by atomic mass is 10.1. The second kappa shape index (κ2) is 43.7. The Hall–Kier alpha value is -0.160. The number of aliphatic hydroxyl groups is 3. The van der Waals surface area contributed by atoms with Crippen LogP contribution < -0.4 is 0 Å². The van der Waals surface area contributed by atoms with E-state index in [4.69, 9.17) is 20.1 Å². The third-order valence-electron chi connectivity index (χ3n) is 4.40. The molecule has 1 atom stereocenters.